The van der Waals surface area contributed by atoms with Crippen LogP contribution in [0.2, 0.25) is 0 Å². The number of nitrogens with one attached hydrogen (secondary N) is 1. The monoisotopic (exact) mass is 142 g/mol. The molecule has 1 saturated carbocycles. The third kappa shape index (κ3) is 1.29. The van der Waals surface area contributed by atoms with Crippen LogP contribution >= 0.6 is 0 Å². The Labute approximate surface area is 61.0 Å². The van der Waals surface area contributed by atoms with Crippen LogP contribution in [0, 0.1) is 0 Å². The van der Waals surface area contributed by atoms with Gasteiger partial charge in [-0.25, -0.2) is 0 Å². The van der Waals surface area contributed by atoms with Gasteiger partial charge in [0.05, 0.1) is 0 Å². The lowest BCUT2D eigenvalue weighted by Gasteiger charge is -2.40. The van der Waals surface area contributed by atoms with Gasteiger partial charge >= 0.3 is 0 Å². The number of primary amides is 1. The first kappa shape index (κ1) is 7.54. The van der Waals surface area contributed by atoms with Crippen molar-refractivity contribution in [2.24, 2.45) is 5.73 Å². The SMILES string of the molecule is CNC1(CC(N)=O)CCC1. The minimum Gasteiger partial charge on any atom is -0.370 e. The minimum atomic E-state index is -0.200. The summed E-state index contributed by atoms with van der Waals surface area (Å²) in [6.45, 7) is 0. The van der Waals surface area contributed by atoms with E-state index in [1.807, 2.05) is 7.05 Å². The van der Waals surface area contributed by atoms with E-state index in [-0.39, 0.29) is 11.4 Å². The first-order valence-electron chi connectivity index (χ1n) is 3.66. The Bertz CT molecular complexity index is 135. The second kappa shape index (κ2) is 2.58. The summed E-state index contributed by atoms with van der Waals surface area (Å²) in [4.78, 5) is 10.5. The number of carbonyl (C=O) groups is 1. The highest BCUT2D eigenvalue weighted by Crippen LogP contribution is 2.33. The van der Waals surface area contributed by atoms with Crippen molar-refractivity contribution in [2.75, 3.05) is 7.05 Å². The first-order chi connectivity index (χ1) is 4.68. The van der Waals surface area contributed by atoms with Crippen molar-refractivity contribution in [3.63, 3.8) is 0 Å². The van der Waals surface area contributed by atoms with Crippen molar-refractivity contribution < 1.29 is 4.79 Å². The molecule has 0 aromatic rings. The van der Waals surface area contributed by atoms with E-state index in [0.717, 1.165) is 12.8 Å². The quantitative estimate of drug-likeness (QED) is 0.583. The van der Waals surface area contributed by atoms with Gasteiger partial charge < -0.3 is 11.1 Å². The molecular formula is C7H14N2O. The molecule has 0 unspecified atom stereocenters. The van der Waals surface area contributed by atoms with Crippen molar-refractivity contribution in [2.45, 2.75) is 31.2 Å². The number of hydrogen-bond acceptors (Lipinski definition) is 2. The number of hydrogen-bond donors (Lipinski definition) is 2. The highest BCUT2D eigenvalue weighted by Gasteiger charge is 2.36. The molecule has 0 saturated heterocycles. The van der Waals surface area contributed by atoms with E-state index in [1.54, 1.807) is 0 Å². The topological polar surface area (TPSA) is 55.1 Å². The van der Waals surface area contributed by atoms with Crippen LogP contribution in [0.1, 0.15) is 25.7 Å². The van der Waals surface area contributed by atoms with Gasteiger partial charge in [-0.1, -0.05) is 0 Å². The Balaban J connectivity index is 2.40. The summed E-state index contributed by atoms with van der Waals surface area (Å²) in [7, 11) is 1.89. The fraction of sp³-hybridized carbons (Fsp3) is 0.857. The van der Waals surface area contributed by atoms with Gasteiger partial charge in [0.15, 0.2) is 0 Å². The zero-order valence-electron chi connectivity index (χ0n) is 6.31. The summed E-state index contributed by atoms with van der Waals surface area (Å²) in [5.74, 6) is -0.200. The number of nitrogens with two attached hydrogens (primary N) is 1. The second-order valence-electron chi connectivity index (χ2n) is 3.03. The van der Waals surface area contributed by atoms with Gasteiger partial charge in [0.1, 0.15) is 0 Å². The molecule has 0 spiro atoms. The molecule has 3 heteroatoms. The molecule has 0 aliphatic heterocycles. The third-order valence-electron chi connectivity index (χ3n) is 2.35. The van der Waals surface area contributed by atoms with Gasteiger partial charge in [0, 0.05) is 12.0 Å². The fourth-order valence-electron chi connectivity index (χ4n) is 1.45. The molecule has 10 heavy (non-hydrogen) atoms. The molecule has 1 aliphatic carbocycles. The summed E-state index contributed by atoms with van der Waals surface area (Å²) in [6.07, 6.45) is 3.89. The molecule has 58 valence electrons. The molecule has 0 heterocycles. The highest BCUT2D eigenvalue weighted by molar-refractivity contribution is 5.75. The summed E-state index contributed by atoms with van der Waals surface area (Å²) in [5.41, 5.74) is 5.15. The van der Waals surface area contributed by atoms with Crippen LogP contribution < -0.4 is 11.1 Å². The smallest absolute Gasteiger partial charge is 0.219 e. The molecule has 0 bridgehead atoms. The Hall–Kier alpha value is -0.570. The maximum absolute atomic E-state index is 10.5. The molecule has 3 nitrogen and oxygen atoms in total. The molecule has 0 aromatic heterocycles. The van der Waals surface area contributed by atoms with Crippen LogP contribution in [-0.4, -0.2) is 18.5 Å². The molecule has 1 amide bonds. The molecule has 0 atom stereocenters. The highest BCUT2D eigenvalue weighted by atomic mass is 16.1. The predicted octanol–water partition coefficient (Wildman–Crippen LogP) is 0.00390. The predicted molar refractivity (Wildman–Crippen MR) is 39.5 cm³/mol. The number of rotatable bonds is 3. The van der Waals surface area contributed by atoms with Gasteiger partial charge in [-0.15, -0.1) is 0 Å². The molecule has 0 radical (unpaired) electrons. The van der Waals surface area contributed by atoms with Gasteiger partial charge in [-0.2, -0.15) is 0 Å². The number of carbonyl (C=O) groups excluding carboxylic acids is 1. The Morgan fingerprint density at radius 2 is 2.30 bits per heavy atom. The van der Waals surface area contributed by atoms with Gasteiger partial charge in [0.25, 0.3) is 0 Å². The van der Waals surface area contributed by atoms with E-state index < -0.39 is 0 Å². The molecule has 1 rings (SSSR count). The van der Waals surface area contributed by atoms with Crippen LogP contribution in [0.15, 0.2) is 0 Å². The first-order valence-corrected chi connectivity index (χ1v) is 3.66. The van der Waals surface area contributed by atoms with Crippen LogP contribution in [0.5, 0.6) is 0 Å². The third-order valence-corrected chi connectivity index (χ3v) is 2.35. The Kier molecular flexibility index (Phi) is 1.94. The second-order valence-corrected chi connectivity index (χ2v) is 3.03. The summed E-state index contributed by atoms with van der Waals surface area (Å²) >= 11 is 0. The van der Waals surface area contributed by atoms with E-state index in [4.69, 9.17) is 5.73 Å². The lowest BCUT2D eigenvalue weighted by molar-refractivity contribution is -0.120. The average molecular weight is 142 g/mol. The Morgan fingerprint density at radius 1 is 1.70 bits per heavy atom. The standard InChI is InChI=1S/C7H14N2O/c1-9-7(3-2-4-7)5-6(8)10/h9H,2-5H2,1H3,(H2,8,10). The molecule has 1 aliphatic rings. The summed E-state index contributed by atoms with van der Waals surface area (Å²) < 4.78 is 0. The fourth-order valence-corrected chi connectivity index (χ4v) is 1.45. The van der Waals surface area contributed by atoms with E-state index in [9.17, 15) is 4.79 Å². The zero-order valence-corrected chi connectivity index (χ0v) is 6.31. The largest absolute Gasteiger partial charge is 0.370 e. The normalized spacial score (nSPS) is 21.7. The molecule has 3 N–H and O–H groups in total. The maximum Gasteiger partial charge on any atom is 0.219 e. The van der Waals surface area contributed by atoms with Crippen molar-refractivity contribution in [3.05, 3.63) is 0 Å². The maximum atomic E-state index is 10.5. The van der Waals surface area contributed by atoms with Crippen molar-refractivity contribution in [1.29, 1.82) is 0 Å². The van der Waals surface area contributed by atoms with Crippen LogP contribution in [-0.2, 0) is 4.79 Å². The van der Waals surface area contributed by atoms with Crippen molar-refractivity contribution in [3.8, 4) is 0 Å². The number of amides is 1. The van der Waals surface area contributed by atoms with Crippen LogP contribution in [0.25, 0.3) is 0 Å². The van der Waals surface area contributed by atoms with E-state index in [0.29, 0.717) is 6.42 Å². The van der Waals surface area contributed by atoms with Gasteiger partial charge in [-0.3, -0.25) is 4.79 Å². The molecular weight excluding hydrogens is 128 g/mol. The van der Waals surface area contributed by atoms with Crippen molar-refractivity contribution >= 4 is 5.91 Å². The van der Waals surface area contributed by atoms with E-state index in [2.05, 4.69) is 5.32 Å². The minimum absolute atomic E-state index is 0.0613. The van der Waals surface area contributed by atoms with E-state index in [1.165, 1.54) is 6.42 Å². The van der Waals surface area contributed by atoms with Gasteiger partial charge in [0.2, 0.25) is 5.91 Å². The van der Waals surface area contributed by atoms with Crippen molar-refractivity contribution in [1.82, 2.24) is 5.32 Å². The Morgan fingerprint density at radius 3 is 2.40 bits per heavy atom. The lowest BCUT2D eigenvalue weighted by Crippen LogP contribution is -2.51. The van der Waals surface area contributed by atoms with Crippen LogP contribution in [0.3, 0.4) is 0 Å². The zero-order chi connectivity index (χ0) is 7.61. The average Bonchev–Trinajstić information content (AvgIpc) is 1.78. The van der Waals surface area contributed by atoms with Crippen LogP contribution in [0.4, 0.5) is 0 Å². The summed E-state index contributed by atoms with van der Waals surface area (Å²) in [5, 5.41) is 3.15. The van der Waals surface area contributed by atoms with Gasteiger partial charge in [-0.05, 0) is 26.3 Å². The summed E-state index contributed by atoms with van der Waals surface area (Å²) in [6, 6.07) is 0. The molecule has 0 aromatic carbocycles. The lowest BCUT2D eigenvalue weighted by atomic mass is 9.74. The van der Waals surface area contributed by atoms with E-state index >= 15 is 0 Å². The molecule has 1 fully saturated rings.